The first-order valence-electron chi connectivity index (χ1n) is 5.85. The molecular weight excluding hydrogens is 266 g/mol. The van der Waals surface area contributed by atoms with Crippen LogP contribution in [0.3, 0.4) is 0 Å². The molecule has 0 saturated heterocycles. The fourth-order valence-corrected chi connectivity index (χ4v) is 2.44. The van der Waals surface area contributed by atoms with Crippen LogP contribution in [0.15, 0.2) is 23.1 Å². The number of carbonyl (C=O) groups is 2. The molecule has 0 saturated carbocycles. The summed E-state index contributed by atoms with van der Waals surface area (Å²) in [5.74, 6) is -0.206. The van der Waals surface area contributed by atoms with Crippen molar-refractivity contribution in [3.8, 4) is 0 Å². The van der Waals surface area contributed by atoms with Gasteiger partial charge in [0.25, 0.3) is 0 Å². The average molecular weight is 283 g/mol. The van der Waals surface area contributed by atoms with Crippen molar-refractivity contribution in [2.45, 2.75) is 18.2 Å². The quantitative estimate of drug-likeness (QED) is 0.489. The van der Waals surface area contributed by atoms with Crippen molar-refractivity contribution in [2.24, 2.45) is 0 Å². The lowest BCUT2D eigenvalue weighted by molar-refractivity contribution is -0.140. The van der Waals surface area contributed by atoms with Gasteiger partial charge >= 0.3 is 11.9 Å². The maximum absolute atomic E-state index is 11.8. The van der Waals surface area contributed by atoms with E-state index in [-0.39, 0.29) is 12.4 Å². The zero-order valence-corrected chi connectivity index (χ0v) is 11.8. The summed E-state index contributed by atoms with van der Waals surface area (Å²) >= 11 is 1.34. The summed E-state index contributed by atoms with van der Waals surface area (Å²) in [5, 5.41) is 0. The molecule has 0 amide bonds. The molecule has 0 aliphatic heterocycles. The van der Waals surface area contributed by atoms with Gasteiger partial charge in [0.2, 0.25) is 0 Å². The third kappa shape index (κ3) is 4.48. The Balaban J connectivity index is 2.80. The number of esters is 2. The maximum atomic E-state index is 11.8. The highest BCUT2D eigenvalue weighted by atomic mass is 32.2. The normalized spacial score (nSPS) is 10.0. The molecule has 19 heavy (non-hydrogen) atoms. The Labute approximate surface area is 116 Å². The zero-order chi connectivity index (χ0) is 14.3. The molecule has 0 spiro atoms. The molecule has 5 nitrogen and oxygen atoms in total. The molecule has 0 aliphatic carbocycles. The molecular formula is C13H17NO4S. The van der Waals surface area contributed by atoms with E-state index in [4.69, 9.17) is 10.5 Å². The Morgan fingerprint density at radius 2 is 2.11 bits per heavy atom. The second kappa shape index (κ2) is 7.68. The minimum Gasteiger partial charge on any atom is -0.469 e. The van der Waals surface area contributed by atoms with Crippen LogP contribution in [0.1, 0.15) is 23.7 Å². The van der Waals surface area contributed by atoms with E-state index in [1.807, 2.05) is 0 Å². The van der Waals surface area contributed by atoms with Crippen LogP contribution in [0.4, 0.5) is 5.69 Å². The lowest BCUT2D eigenvalue weighted by atomic mass is 10.2. The first-order chi connectivity index (χ1) is 9.10. The van der Waals surface area contributed by atoms with E-state index in [0.717, 1.165) is 0 Å². The van der Waals surface area contributed by atoms with Crippen LogP contribution in [-0.2, 0) is 14.3 Å². The van der Waals surface area contributed by atoms with Gasteiger partial charge in [0.05, 0.1) is 25.7 Å². The Morgan fingerprint density at radius 3 is 2.74 bits per heavy atom. The van der Waals surface area contributed by atoms with Gasteiger partial charge in [0, 0.05) is 16.3 Å². The number of ether oxygens (including phenoxy) is 2. The van der Waals surface area contributed by atoms with Gasteiger partial charge in [-0.15, -0.1) is 11.8 Å². The van der Waals surface area contributed by atoms with Crippen molar-refractivity contribution in [3.63, 3.8) is 0 Å². The molecule has 1 aromatic carbocycles. The number of nitrogens with two attached hydrogens (primary N) is 1. The van der Waals surface area contributed by atoms with E-state index in [1.165, 1.54) is 18.9 Å². The topological polar surface area (TPSA) is 78.6 Å². The minimum atomic E-state index is -0.407. The summed E-state index contributed by atoms with van der Waals surface area (Å²) in [5.41, 5.74) is 6.79. The largest absolute Gasteiger partial charge is 0.469 e. The predicted molar refractivity (Wildman–Crippen MR) is 74.2 cm³/mol. The highest BCUT2D eigenvalue weighted by Gasteiger charge is 2.15. The van der Waals surface area contributed by atoms with Crippen molar-refractivity contribution in [2.75, 3.05) is 25.2 Å². The second-order valence-electron chi connectivity index (χ2n) is 3.62. The van der Waals surface area contributed by atoms with Gasteiger partial charge in [-0.25, -0.2) is 4.79 Å². The fourth-order valence-electron chi connectivity index (χ4n) is 1.42. The second-order valence-corrected chi connectivity index (χ2v) is 4.72. The molecule has 1 rings (SSSR count). The van der Waals surface area contributed by atoms with E-state index >= 15 is 0 Å². The molecule has 0 heterocycles. The molecule has 0 fully saturated rings. The third-order valence-corrected chi connectivity index (χ3v) is 3.47. The van der Waals surface area contributed by atoms with Crippen LogP contribution in [0.5, 0.6) is 0 Å². The summed E-state index contributed by atoms with van der Waals surface area (Å²) < 4.78 is 9.53. The number of anilines is 1. The maximum Gasteiger partial charge on any atom is 0.339 e. The van der Waals surface area contributed by atoms with Crippen molar-refractivity contribution < 1.29 is 19.1 Å². The van der Waals surface area contributed by atoms with Gasteiger partial charge < -0.3 is 15.2 Å². The van der Waals surface area contributed by atoms with Gasteiger partial charge in [0.15, 0.2) is 0 Å². The van der Waals surface area contributed by atoms with Gasteiger partial charge in [0.1, 0.15) is 0 Å². The number of thioether (sulfide) groups is 1. The summed E-state index contributed by atoms with van der Waals surface area (Å²) in [6.07, 6.45) is 0.262. The average Bonchev–Trinajstić information content (AvgIpc) is 2.40. The van der Waals surface area contributed by atoms with Crippen LogP contribution in [0.2, 0.25) is 0 Å². The van der Waals surface area contributed by atoms with Gasteiger partial charge in [-0.3, -0.25) is 4.79 Å². The highest BCUT2D eigenvalue weighted by molar-refractivity contribution is 7.99. The number of benzene rings is 1. The first kappa shape index (κ1) is 15.4. The van der Waals surface area contributed by atoms with E-state index in [1.54, 1.807) is 25.1 Å². The van der Waals surface area contributed by atoms with Crippen molar-refractivity contribution in [3.05, 3.63) is 23.8 Å². The van der Waals surface area contributed by atoms with Gasteiger partial charge in [-0.2, -0.15) is 0 Å². The Morgan fingerprint density at radius 1 is 1.37 bits per heavy atom. The fraction of sp³-hybridized carbons (Fsp3) is 0.385. The smallest absolute Gasteiger partial charge is 0.339 e. The summed E-state index contributed by atoms with van der Waals surface area (Å²) in [6.45, 7) is 2.05. The molecule has 0 bridgehead atoms. The van der Waals surface area contributed by atoms with Crippen molar-refractivity contribution in [1.29, 1.82) is 0 Å². The van der Waals surface area contributed by atoms with Crippen LogP contribution >= 0.6 is 11.8 Å². The standard InChI is InChI=1S/C13H17NO4S/c1-3-18-13(16)9-5-4-6-10(14)12(9)19-8-7-11(15)17-2/h4-6H,3,7-8,14H2,1-2H3. The Bertz CT molecular complexity index is 462. The molecule has 0 radical (unpaired) electrons. The molecule has 6 heteroatoms. The lowest BCUT2D eigenvalue weighted by Gasteiger charge is -2.10. The van der Waals surface area contributed by atoms with Crippen LogP contribution in [0.25, 0.3) is 0 Å². The predicted octanol–water partition coefficient (Wildman–Crippen LogP) is 2.10. The molecule has 0 aromatic heterocycles. The minimum absolute atomic E-state index is 0.262. The van der Waals surface area contributed by atoms with Crippen molar-refractivity contribution in [1.82, 2.24) is 0 Å². The van der Waals surface area contributed by atoms with E-state index in [0.29, 0.717) is 28.5 Å². The monoisotopic (exact) mass is 283 g/mol. The molecule has 2 N–H and O–H groups in total. The number of nitrogen functional groups attached to an aromatic ring is 1. The van der Waals surface area contributed by atoms with Crippen molar-refractivity contribution >= 4 is 29.4 Å². The Kier molecular flexibility index (Phi) is 6.21. The molecule has 0 aliphatic rings. The highest BCUT2D eigenvalue weighted by Crippen LogP contribution is 2.30. The molecule has 104 valence electrons. The molecule has 0 unspecified atom stereocenters. The third-order valence-electron chi connectivity index (χ3n) is 2.32. The first-order valence-corrected chi connectivity index (χ1v) is 6.84. The summed E-state index contributed by atoms with van der Waals surface area (Å²) in [7, 11) is 1.34. The number of hydrogen-bond donors (Lipinski definition) is 1. The molecule has 0 atom stereocenters. The van der Waals surface area contributed by atoms with Gasteiger partial charge in [-0.1, -0.05) is 6.07 Å². The number of hydrogen-bond acceptors (Lipinski definition) is 6. The summed E-state index contributed by atoms with van der Waals surface area (Å²) in [6, 6.07) is 5.07. The van der Waals surface area contributed by atoms with E-state index in [9.17, 15) is 9.59 Å². The number of methoxy groups -OCH3 is 1. The van der Waals surface area contributed by atoms with Gasteiger partial charge in [-0.05, 0) is 19.1 Å². The van der Waals surface area contributed by atoms with E-state index < -0.39 is 5.97 Å². The number of rotatable bonds is 6. The van der Waals surface area contributed by atoms with Crippen LogP contribution in [-0.4, -0.2) is 31.4 Å². The molecule has 1 aromatic rings. The van der Waals surface area contributed by atoms with Crippen LogP contribution in [0, 0.1) is 0 Å². The van der Waals surface area contributed by atoms with Crippen LogP contribution < -0.4 is 5.73 Å². The van der Waals surface area contributed by atoms with E-state index in [2.05, 4.69) is 4.74 Å². The zero-order valence-electron chi connectivity index (χ0n) is 11.0. The SMILES string of the molecule is CCOC(=O)c1cccc(N)c1SCCC(=O)OC. The summed E-state index contributed by atoms with van der Waals surface area (Å²) in [4.78, 5) is 23.5. The number of carbonyl (C=O) groups excluding carboxylic acids is 2. The lowest BCUT2D eigenvalue weighted by Crippen LogP contribution is -2.08. The Hall–Kier alpha value is -1.69.